The number of halogens is 1. The van der Waals surface area contributed by atoms with Gasteiger partial charge in [-0.15, -0.1) is 0 Å². The topological polar surface area (TPSA) is 25.2 Å². The Bertz CT molecular complexity index is 547. The number of benzene rings is 1. The zero-order valence-corrected chi connectivity index (χ0v) is 12.4. The first-order valence-electron chi connectivity index (χ1n) is 6.65. The third-order valence-electron chi connectivity index (χ3n) is 3.32. The predicted octanol–water partition coefficient (Wildman–Crippen LogP) is 4.44. The number of aryl methyl sites for hydroxylation is 2. The summed E-state index contributed by atoms with van der Waals surface area (Å²) in [4.78, 5) is 0. The predicted molar refractivity (Wildman–Crippen MR) is 79.8 cm³/mol. The van der Waals surface area contributed by atoms with Gasteiger partial charge in [-0.05, 0) is 61.7 Å². The lowest BCUT2D eigenvalue weighted by Gasteiger charge is -2.17. The second-order valence-electron chi connectivity index (χ2n) is 4.89. The number of rotatable bonds is 5. The molecule has 0 aliphatic heterocycles. The summed E-state index contributed by atoms with van der Waals surface area (Å²) in [6, 6.07) is 10.5. The molecule has 0 saturated heterocycles. The van der Waals surface area contributed by atoms with Gasteiger partial charge in [-0.25, -0.2) is 0 Å². The summed E-state index contributed by atoms with van der Waals surface area (Å²) in [6.07, 6.45) is 0.908. The Labute approximate surface area is 119 Å². The van der Waals surface area contributed by atoms with E-state index in [-0.39, 0.29) is 6.04 Å². The number of hydrogen-bond acceptors (Lipinski definition) is 2. The maximum atomic E-state index is 5.87. The Morgan fingerprint density at radius 3 is 2.63 bits per heavy atom. The molecule has 1 aromatic heterocycles. The summed E-state index contributed by atoms with van der Waals surface area (Å²) in [5.74, 6) is 0.896. The van der Waals surface area contributed by atoms with Crippen LogP contribution < -0.4 is 5.32 Å². The van der Waals surface area contributed by atoms with Gasteiger partial charge in [0, 0.05) is 0 Å². The molecular formula is C16H20ClNO. The summed E-state index contributed by atoms with van der Waals surface area (Å²) < 4.78 is 5.54. The minimum absolute atomic E-state index is 0.165. The molecule has 1 unspecified atom stereocenters. The normalized spacial score (nSPS) is 12.6. The van der Waals surface area contributed by atoms with E-state index in [0.717, 1.165) is 18.7 Å². The van der Waals surface area contributed by atoms with E-state index in [1.165, 1.54) is 16.7 Å². The molecule has 0 aliphatic carbocycles. The zero-order chi connectivity index (χ0) is 13.8. The number of likely N-dealkylation sites (N-methyl/N-ethyl adjacent to an activating group) is 1. The van der Waals surface area contributed by atoms with Gasteiger partial charge in [-0.1, -0.05) is 30.7 Å². The molecule has 1 atom stereocenters. The smallest absolute Gasteiger partial charge is 0.193 e. The van der Waals surface area contributed by atoms with Crippen molar-refractivity contribution in [3.63, 3.8) is 0 Å². The molecule has 0 bridgehead atoms. The Hall–Kier alpha value is -1.25. The average molecular weight is 278 g/mol. The van der Waals surface area contributed by atoms with Crippen molar-refractivity contribution in [2.45, 2.75) is 33.2 Å². The molecule has 0 spiro atoms. The first-order valence-corrected chi connectivity index (χ1v) is 7.02. The summed E-state index contributed by atoms with van der Waals surface area (Å²) in [5.41, 5.74) is 3.94. The van der Waals surface area contributed by atoms with Crippen LogP contribution in [0.1, 0.15) is 35.4 Å². The van der Waals surface area contributed by atoms with E-state index in [2.05, 4.69) is 44.3 Å². The second-order valence-corrected chi connectivity index (χ2v) is 5.26. The molecule has 1 heterocycles. The van der Waals surface area contributed by atoms with Crippen LogP contribution in [0.4, 0.5) is 0 Å². The van der Waals surface area contributed by atoms with Crippen LogP contribution in [-0.4, -0.2) is 6.54 Å². The van der Waals surface area contributed by atoms with E-state index < -0.39 is 0 Å². The van der Waals surface area contributed by atoms with Crippen molar-refractivity contribution in [3.8, 4) is 0 Å². The van der Waals surface area contributed by atoms with Crippen molar-refractivity contribution in [2.75, 3.05) is 6.54 Å². The lowest BCUT2D eigenvalue weighted by molar-refractivity contribution is 0.417. The maximum absolute atomic E-state index is 5.87. The largest absolute Gasteiger partial charge is 0.448 e. The van der Waals surface area contributed by atoms with Gasteiger partial charge in [0.1, 0.15) is 5.76 Å². The fourth-order valence-electron chi connectivity index (χ4n) is 2.28. The Balaban J connectivity index is 2.23. The molecule has 19 heavy (non-hydrogen) atoms. The standard InChI is InChI=1S/C16H20ClNO/c1-4-18-14(15-7-8-16(17)19-15)10-13-9-11(2)5-6-12(13)3/h5-9,14,18H,4,10H2,1-3H3. The Morgan fingerprint density at radius 2 is 2.00 bits per heavy atom. The Kier molecular flexibility index (Phi) is 4.67. The summed E-state index contributed by atoms with van der Waals surface area (Å²) in [7, 11) is 0. The zero-order valence-electron chi connectivity index (χ0n) is 11.7. The van der Waals surface area contributed by atoms with Crippen LogP contribution in [0, 0.1) is 13.8 Å². The average Bonchev–Trinajstić information content (AvgIpc) is 2.80. The van der Waals surface area contributed by atoms with Crippen LogP contribution in [0.5, 0.6) is 0 Å². The SMILES string of the molecule is CCNC(Cc1cc(C)ccc1C)c1ccc(Cl)o1. The lowest BCUT2D eigenvalue weighted by Crippen LogP contribution is -2.22. The molecule has 0 radical (unpaired) electrons. The summed E-state index contributed by atoms with van der Waals surface area (Å²) in [6.45, 7) is 7.26. The van der Waals surface area contributed by atoms with Crippen LogP contribution in [0.15, 0.2) is 34.7 Å². The van der Waals surface area contributed by atoms with Crippen molar-refractivity contribution in [3.05, 3.63) is 58.0 Å². The molecule has 0 amide bonds. The molecule has 102 valence electrons. The van der Waals surface area contributed by atoms with E-state index in [1.807, 2.05) is 6.07 Å². The second kappa shape index (κ2) is 6.27. The van der Waals surface area contributed by atoms with E-state index in [1.54, 1.807) is 6.07 Å². The lowest BCUT2D eigenvalue weighted by atomic mass is 9.98. The highest BCUT2D eigenvalue weighted by Gasteiger charge is 2.16. The molecule has 2 nitrogen and oxygen atoms in total. The fraction of sp³-hybridized carbons (Fsp3) is 0.375. The van der Waals surface area contributed by atoms with Crippen molar-refractivity contribution in [2.24, 2.45) is 0 Å². The first-order chi connectivity index (χ1) is 9.10. The number of nitrogens with one attached hydrogen (secondary N) is 1. The highest BCUT2D eigenvalue weighted by atomic mass is 35.5. The van der Waals surface area contributed by atoms with Crippen LogP contribution in [0.2, 0.25) is 5.22 Å². The van der Waals surface area contributed by atoms with Crippen LogP contribution in [0.25, 0.3) is 0 Å². The maximum Gasteiger partial charge on any atom is 0.193 e. The van der Waals surface area contributed by atoms with Crippen LogP contribution in [-0.2, 0) is 6.42 Å². The Morgan fingerprint density at radius 1 is 1.21 bits per heavy atom. The van der Waals surface area contributed by atoms with Crippen molar-refractivity contribution < 1.29 is 4.42 Å². The van der Waals surface area contributed by atoms with Crippen molar-refractivity contribution in [1.82, 2.24) is 5.32 Å². The van der Waals surface area contributed by atoms with Gasteiger partial charge >= 0.3 is 0 Å². The van der Waals surface area contributed by atoms with Gasteiger partial charge in [-0.3, -0.25) is 0 Å². The van der Waals surface area contributed by atoms with Crippen molar-refractivity contribution in [1.29, 1.82) is 0 Å². The molecule has 1 N–H and O–H groups in total. The molecule has 0 saturated carbocycles. The van der Waals surface area contributed by atoms with Crippen LogP contribution >= 0.6 is 11.6 Å². The summed E-state index contributed by atoms with van der Waals surface area (Å²) in [5, 5.41) is 3.90. The fourth-order valence-corrected chi connectivity index (χ4v) is 2.43. The van der Waals surface area contributed by atoms with Gasteiger partial charge in [0.25, 0.3) is 0 Å². The van der Waals surface area contributed by atoms with Gasteiger partial charge < -0.3 is 9.73 Å². The number of furan rings is 1. The molecule has 0 aliphatic rings. The van der Waals surface area contributed by atoms with Gasteiger partial charge in [0.05, 0.1) is 6.04 Å². The van der Waals surface area contributed by atoms with E-state index in [0.29, 0.717) is 5.22 Å². The highest BCUT2D eigenvalue weighted by Crippen LogP contribution is 2.24. The number of hydrogen-bond donors (Lipinski definition) is 1. The van der Waals surface area contributed by atoms with E-state index in [4.69, 9.17) is 16.0 Å². The monoisotopic (exact) mass is 277 g/mol. The van der Waals surface area contributed by atoms with E-state index in [9.17, 15) is 0 Å². The third-order valence-corrected chi connectivity index (χ3v) is 3.52. The summed E-state index contributed by atoms with van der Waals surface area (Å²) >= 11 is 5.87. The quantitative estimate of drug-likeness (QED) is 0.874. The molecule has 3 heteroatoms. The van der Waals surface area contributed by atoms with Crippen molar-refractivity contribution >= 4 is 11.6 Å². The van der Waals surface area contributed by atoms with Crippen LogP contribution in [0.3, 0.4) is 0 Å². The first kappa shape index (κ1) is 14.2. The molecule has 2 aromatic rings. The van der Waals surface area contributed by atoms with E-state index >= 15 is 0 Å². The van der Waals surface area contributed by atoms with Gasteiger partial charge in [-0.2, -0.15) is 0 Å². The minimum Gasteiger partial charge on any atom is -0.448 e. The molecule has 0 fully saturated rings. The molecule has 2 rings (SSSR count). The van der Waals surface area contributed by atoms with Gasteiger partial charge in [0.15, 0.2) is 5.22 Å². The highest BCUT2D eigenvalue weighted by molar-refractivity contribution is 6.28. The molecule has 1 aromatic carbocycles. The van der Waals surface area contributed by atoms with Gasteiger partial charge in [0.2, 0.25) is 0 Å². The molecular weight excluding hydrogens is 258 g/mol. The minimum atomic E-state index is 0.165. The third kappa shape index (κ3) is 3.62.